The van der Waals surface area contributed by atoms with E-state index in [1.54, 1.807) is 12.1 Å². The van der Waals surface area contributed by atoms with E-state index in [1.807, 2.05) is 17.2 Å². The molecule has 1 amide bonds. The van der Waals surface area contributed by atoms with Crippen molar-refractivity contribution in [3.8, 4) is 0 Å². The number of aromatic nitrogens is 2. The van der Waals surface area contributed by atoms with Gasteiger partial charge >= 0.3 is 0 Å². The van der Waals surface area contributed by atoms with Gasteiger partial charge in [0.2, 0.25) is 5.95 Å². The van der Waals surface area contributed by atoms with Crippen LogP contribution in [-0.4, -0.2) is 59.5 Å². The highest BCUT2D eigenvalue weighted by atomic mass is 16.3. The molecule has 2 aliphatic rings. The summed E-state index contributed by atoms with van der Waals surface area (Å²) in [5.41, 5.74) is 0. The van der Waals surface area contributed by atoms with Crippen molar-refractivity contribution in [3.63, 3.8) is 0 Å². The van der Waals surface area contributed by atoms with Gasteiger partial charge in [0.25, 0.3) is 5.91 Å². The van der Waals surface area contributed by atoms with Gasteiger partial charge in [0.05, 0.1) is 6.26 Å². The lowest BCUT2D eigenvalue weighted by atomic mass is 10.0. The lowest BCUT2D eigenvalue weighted by Gasteiger charge is -2.37. The molecule has 2 aliphatic heterocycles. The summed E-state index contributed by atoms with van der Waals surface area (Å²) in [6.45, 7) is 6.13. The molecule has 0 N–H and O–H groups in total. The molecule has 27 heavy (non-hydrogen) atoms. The van der Waals surface area contributed by atoms with Crippen LogP contribution in [0.15, 0.2) is 35.1 Å². The van der Waals surface area contributed by atoms with Crippen LogP contribution in [-0.2, 0) is 0 Å². The first-order chi connectivity index (χ1) is 13.3. The quantitative estimate of drug-likeness (QED) is 0.826. The van der Waals surface area contributed by atoms with E-state index >= 15 is 0 Å². The number of amides is 1. The highest BCUT2D eigenvalue weighted by Crippen LogP contribution is 2.25. The van der Waals surface area contributed by atoms with Crippen molar-refractivity contribution in [2.24, 2.45) is 0 Å². The second-order valence-corrected chi connectivity index (χ2v) is 7.22. The number of carbonyl (C=O) groups is 1. The molecule has 1 atom stereocenters. The Balaban J connectivity index is 1.42. The highest BCUT2D eigenvalue weighted by Gasteiger charge is 2.26. The molecule has 0 radical (unpaired) electrons. The average Bonchev–Trinajstić information content (AvgIpc) is 3.28. The first kappa shape index (κ1) is 17.8. The zero-order valence-electron chi connectivity index (χ0n) is 15.9. The van der Waals surface area contributed by atoms with Crippen LogP contribution < -0.4 is 9.80 Å². The number of hydrogen-bond acceptors (Lipinski definition) is 6. The molecule has 0 aliphatic carbocycles. The Hall–Kier alpha value is -2.57. The van der Waals surface area contributed by atoms with Crippen molar-refractivity contribution in [2.75, 3.05) is 42.5 Å². The maximum atomic E-state index is 12.4. The third-order valence-corrected chi connectivity index (χ3v) is 5.61. The fourth-order valence-electron chi connectivity index (χ4n) is 4.04. The van der Waals surface area contributed by atoms with Gasteiger partial charge in [-0.15, -0.1) is 0 Å². The predicted octanol–water partition coefficient (Wildman–Crippen LogP) is 2.80. The Morgan fingerprint density at radius 1 is 1.19 bits per heavy atom. The first-order valence-electron chi connectivity index (χ1n) is 9.93. The van der Waals surface area contributed by atoms with Gasteiger partial charge in [0, 0.05) is 45.0 Å². The molecule has 0 bridgehead atoms. The van der Waals surface area contributed by atoms with Crippen molar-refractivity contribution in [1.82, 2.24) is 14.9 Å². The Bertz CT molecular complexity index is 755. The molecule has 0 spiro atoms. The van der Waals surface area contributed by atoms with Crippen LogP contribution in [0.2, 0.25) is 0 Å². The van der Waals surface area contributed by atoms with Crippen LogP contribution in [0.4, 0.5) is 11.8 Å². The van der Waals surface area contributed by atoms with Crippen molar-refractivity contribution in [1.29, 1.82) is 0 Å². The van der Waals surface area contributed by atoms with Crippen LogP contribution >= 0.6 is 0 Å². The van der Waals surface area contributed by atoms with E-state index in [2.05, 4.69) is 21.7 Å². The number of nitrogens with zero attached hydrogens (tertiary/aromatic N) is 5. The van der Waals surface area contributed by atoms with Gasteiger partial charge in [0.1, 0.15) is 5.82 Å². The predicted molar refractivity (Wildman–Crippen MR) is 104 cm³/mol. The molecular weight excluding hydrogens is 342 g/mol. The monoisotopic (exact) mass is 369 g/mol. The second kappa shape index (κ2) is 7.98. The molecule has 2 aromatic rings. The third-order valence-electron chi connectivity index (χ3n) is 5.61. The summed E-state index contributed by atoms with van der Waals surface area (Å²) in [6.07, 6.45) is 8.24. The number of anilines is 2. The number of piperidine rings is 1. The van der Waals surface area contributed by atoms with E-state index in [9.17, 15) is 4.79 Å². The van der Waals surface area contributed by atoms with E-state index in [1.165, 1.54) is 25.5 Å². The molecule has 2 aromatic heterocycles. The molecule has 144 valence electrons. The molecular formula is C20H27N5O2. The van der Waals surface area contributed by atoms with Crippen LogP contribution in [0.1, 0.15) is 43.2 Å². The fourth-order valence-corrected chi connectivity index (χ4v) is 4.04. The van der Waals surface area contributed by atoms with E-state index in [0.29, 0.717) is 24.9 Å². The molecule has 1 unspecified atom stereocenters. The highest BCUT2D eigenvalue weighted by molar-refractivity contribution is 5.91. The molecule has 4 heterocycles. The van der Waals surface area contributed by atoms with E-state index < -0.39 is 0 Å². The summed E-state index contributed by atoms with van der Waals surface area (Å²) in [5.74, 6) is 2.16. The van der Waals surface area contributed by atoms with E-state index in [4.69, 9.17) is 9.40 Å². The standard InChI is InChI=1S/C20H27N5O2/c1-2-16-6-3-4-10-25(16)20-21-9-8-18(22-20)23-11-13-24(14-12-23)19(26)17-7-5-15-27-17/h5,7-9,15-16H,2-4,6,10-14H2,1H3. The largest absolute Gasteiger partial charge is 0.459 e. The summed E-state index contributed by atoms with van der Waals surface area (Å²) in [7, 11) is 0. The molecule has 2 saturated heterocycles. The summed E-state index contributed by atoms with van der Waals surface area (Å²) in [5, 5.41) is 0. The lowest BCUT2D eigenvalue weighted by Crippen LogP contribution is -2.49. The summed E-state index contributed by atoms with van der Waals surface area (Å²) >= 11 is 0. The van der Waals surface area contributed by atoms with Crippen LogP contribution in [0.25, 0.3) is 0 Å². The van der Waals surface area contributed by atoms with Crippen LogP contribution in [0.3, 0.4) is 0 Å². The van der Waals surface area contributed by atoms with Crippen LogP contribution in [0.5, 0.6) is 0 Å². The Kier molecular flexibility index (Phi) is 5.27. The normalized spacial score (nSPS) is 20.8. The van der Waals surface area contributed by atoms with E-state index in [-0.39, 0.29) is 5.91 Å². The number of hydrogen-bond donors (Lipinski definition) is 0. The maximum absolute atomic E-state index is 12.4. The number of carbonyl (C=O) groups excluding carboxylic acids is 1. The molecule has 7 nitrogen and oxygen atoms in total. The van der Waals surface area contributed by atoms with Gasteiger partial charge in [-0.25, -0.2) is 4.98 Å². The van der Waals surface area contributed by atoms with Crippen molar-refractivity contribution >= 4 is 17.7 Å². The van der Waals surface area contributed by atoms with Gasteiger partial charge in [-0.2, -0.15) is 4.98 Å². The minimum atomic E-state index is -0.0397. The minimum absolute atomic E-state index is 0.0397. The fraction of sp³-hybridized carbons (Fsp3) is 0.550. The minimum Gasteiger partial charge on any atom is -0.459 e. The van der Waals surface area contributed by atoms with Crippen LogP contribution in [0, 0.1) is 0 Å². The number of furan rings is 1. The summed E-state index contributed by atoms with van der Waals surface area (Å²) in [4.78, 5) is 28.3. The third kappa shape index (κ3) is 3.77. The Morgan fingerprint density at radius 3 is 2.78 bits per heavy atom. The first-order valence-corrected chi connectivity index (χ1v) is 9.93. The average molecular weight is 369 g/mol. The molecule has 0 aromatic carbocycles. The Labute approximate surface area is 160 Å². The SMILES string of the molecule is CCC1CCCCN1c1nccc(N2CCN(C(=O)c3ccco3)CC2)n1. The van der Waals surface area contributed by atoms with Gasteiger partial charge < -0.3 is 19.1 Å². The smallest absolute Gasteiger partial charge is 0.289 e. The zero-order chi connectivity index (χ0) is 18.6. The van der Waals surface area contributed by atoms with E-state index in [0.717, 1.165) is 37.8 Å². The van der Waals surface area contributed by atoms with Gasteiger partial charge in [-0.3, -0.25) is 4.79 Å². The lowest BCUT2D eigenvalue weighted by molar-refractivity contribution is 0.0714. The molecule has 2 fully saturated rings. The summed E-state index contributed by atoms with van der Waals surface area (Å²) in [6, 6.07) is 5.97. The van der Waals surface area contributed by atoms with Gasteiger partial charge in [0.15, 0.2) is 5.76 Å². The van der Waals surface area contributed by atoms with Crippen molar-refractivity contribution in [2.45, 2.75) is 38.6 Å². The van der Waals surface area contributed by atoms with Gasteiger partial charge in [-0.05, 0) is 43.9 Å². The Morgan fingerprint density at radius 2 is 2.04 bits per heavy atom. The van der Waals surface area contributed by atoms with Crippen molar-refractivity contribution in [3.05, 3.63) is 36.4 Å². The second-order valence-electron chi connectivity index (χ2n) is 7.22. The number of rotatable bonds is 4. The zero-order valence-corrected chi connectivity index (χ0v) is 15.9. The molecule has 7 heteroatoms. The number of piperazine rings is 1. The van der Waals surface area contributed by atoms with Crippen molar-refractivity contribution < 1.29 is 9.21 Å². The topological polar surface area (TPSA) is 65.7 Å². The van der Waals surface area contributed by atoms with Gasteiger partial charge in [-0.1, -0.05) is 6.92 Å². The summed E-state index contributed by atoms with van der Waals surface area (Å²) < 4.78 is 5.23. The maximum Gasteiger partial charge on any atom is 0.289 e. The molecule has 4 rings (SSSR count). The molecule has 0 saturated carbocycles.